The highest BCUT2D eigenvalue weighted by atomic mass is 16.5. The molecule has 0 amide bonds. The predicted molar refractivity (Wildman–Crippen MR) is 87.6 cm³/mol. The van der Waals surface area contributed by atoms with Gasteiger partial charge in [0.05, 0.1) is 0 Å². The number of nitrogens with zero attached hydrogens (tertiary/aromatic N) is 1. The maximum absolute atomic E-state index is 5.23. The van der Waals surface area contributed by atoms with E-state index in [-0.39, 0.29) is 0 Å². The summed E-state index contributed by atoms with van der Waals surface area (Å²) in [5, 5.41) is 3.98. The van der Waals surface area contributed by atoms with Gasteiger partial charge in [0.2, 0.25) is 0 Å². The second-order valence-corrected chi connectivity index (χ2v) is 7.95. The summed E-state index contributed by atoms with van der Waals surface area (Å²) in [5.41, 5.74) is 0.851. The zero-order chi connectivity index (χ0) is 14.8. The number of hydrogen-bond acceptors (Lipinski definition) is 3. The molecule has 3 rings (SSSR count). The number of piperazine rings is 1. The van der Waals surface area contributed by atoms with E-state index < -0.39 is 0 Å². The second-order valence-electron chi connectivity index (χ2n) is 7.95. The molecule has 3 fully saturated rings. The molecule has 1 unspecified atom stereocenters. The molecule has 1 saturated heterocycles. The van der Waals surface area contributed by atoms with Gasteiger partial charge in [0.1, 0.15) is 0 Å². The first-order valence-electron chi connectivity index (χ1n) is 9.18. The van der Waals surface area contributed by atoms with E-state index in [0.29, 0.717) is 11.1 Å². The Labute approximate surface area is 130 Å². The number of hydrogen-bond donors (Lipinski definition) is 1. The average molecular weight is 294 g/mol. The Balaban J connectivity index is 1.64. The third kappa shape index (κ3) is 3.46. The van der Waals surface area contributed by atoms with E-state index in [1.54, 1.807) is 0 Å². The minimum Gasteiger partial charge on any atom is -0.385 e. The summed E-state index contributed by atoms with van der Waals surface area (Å²) in [5.74, 6) is 0.930. The van der Waals surface area contributed by atoms with Gasteiger partial charge in [-0.2, -0.15) is 0 Å². The van der Waals surface area contributed by atoms with Crippen molar-refractivity contribution in [2.45, 2.75) is 75.8 Å². The van der Waals surface area contributed by atoms with Gasteiger partial charge in [-0.1, -0.05) is 19.3 Å². The van der Waals surface area contributed by atoms with Crippen molar-refractivity contribution in [3.8, 4) is 0 Å². The monoisotopic (exact) mass is 294 g/mol. The van der Waals surface area contributed by atoms with Crippen LogP contribution in [0.15, 0.2) is 0 Å². The zero-order valence-corrected chi connectivity index (χ0v) is 14.1. The van der Waals surface area contributed by atoms with Gasteiger partial charge in [-0.25, -0.2) is 0 Å². The normalized spacial score (nSPS) is 33.4. The molecule has 2 aliphatic carbocycles. The molecule has 0 aromatic carbocycles. The fourth-order valence-corrected chi connectivity index (χ4v) is 4.66. The van der Waals surface area contributed by atoms with Gasteiger partial charge >= 0.3 is 0 Å². The van der Waals surface area contributed by atoms with Crippen LogP contribution in [-0.2, 0) is 4.74 Å². The smallest absolute Gasteiger partial charge is 0.0462 e. The van der Waals surface area contributed by atoms with E-state index in [0.717, 1.165) is 12.5 Å². The van der Waals surface area contributed by atoms with Gasteiger partial charge in [-0.3, -0.25) is 4.90 Å². The minimum atomic E-state index is 0.379. The molecule has 122 valence electrons. The summed E-state index contributed by atoms with van der Waals surface area (Å²) >= 11 is 0. The predicted octanol–water partition coefficient (Wildman–Crippen LogP) is 3.19. The number of nitrogens with one attached hydrogen (secondary N) is 1. The average Bonchev–Trinajstić information content (AvgIpc) is 3.34. The first-order valence-corrected chi connectivity index (χ1v) is 9.18. The molecule has 21 heavy (non-hydrogen) atoms. The largest absolute Gasteiger partial charge is 0.385 e. The molecule has 0 aromatic rings. The van der Waals surface area contributed by atoms with E-state index in [4.69, 9.17) is 4.74 Å². The molecule has 2 saturated carbocycles. The van der Waals surface area contributed by atoms with E-state index in [2.05, 4.69) is 17.1 Å². The molecule has 1 aliphatic heterocycles. The standard InChI is InChI=1S/C18H34N2O/c1-17(16-8-9-16)15-20(12-6-7-13-21-2)18(14-19-17)10-4-3-5-11-18/h16,19H,3-15H2,1-2H3. The summed E-state index contributed by atoms with van der Waals surface area (Å²) in [7, 11) is 1.82. The number of rotatable bonds is 6. The first kappa shape index (κ1) is 15.8. The van der Waals surface area contributed by atoms with Gasteiger partial charge in [0, 0.05) is 37.9 Å². The SMILES string of the molecule is COCCCCN1CC(C)(C2CC2)NCC12CCCCC2. The molecule has 3 heteroatoms. The number of ether oxygens (including phenoxy) is 1. The van der Waals surface area contributed by atoms with Crippen LogP contribution in [0.1, 0.15) is 64.7 Å². The van der Waals surface area contributed by atoms with Crippen molar-refractivity contribution in [1.29, 1.82) is 0 Å². The van der Waals surface area contributed by atoms with Crippen molar-refractivity contribution < 1.29 is 4.74 Å². The van der Waals surface area contributed by atoms with Crippen molar-refractivity contribution in [1.82, 2.24) is 10.2 Å². The lowest BCUT2D eigenvalue weighted by molar-refractivity contribution is -0.0221. The molecule has 3 nitrogen and oxygen atoms in total. The van der Waals surface area contributed by atoms with Gasteiger partial charge in [-0.15, -0.1) is 0 Å². The number of unbranched alkanes of at least 4 members (excludes halogenated alkanes) is 1. The van der Waals surface area contributed by atoms with Crippen molar-refractivity contribution >= 4 is 0 Å². The van der Waals surface area contributed by atoms with Crippen LogP contribution in [0.3, 0.4) is 0 Å². The van der Waals surface area contributed by atoms with Gasteiger partial charge < -0.3 is 10.1 Å². The Bertz CT molecular complexity index is 336. The van der Waals surface area contributed by atoms with Crippen LogP contribution in [0.5, 0.6) is 0 Å². The molecular weight excluding hydrogens is 260 g/mol. The summed E-state index contributed by atoms with van der Waals surface area (Å²) in [6, 6.07) is 0. The highest BCUT2D eigenvalue weighted by molar-refractivity contribution is 5.09. The van der Waals surface area contributed by atoms with Crippen LogP contribution < -0.4 is 5.32 Å². The fourth-order valence-electron chi connectivity index (χ4n) is 4.66. The molecule has 1 spiro atoms. The van der Waals surface area contributed by atoms with E-state index in [9.17, 15) is 0 Å². The van der Waals surface area contributed by atoms with Crippen molar-refractivity contribution in [2.24, 2.45) is 5.92 Å². The summed E-state index contributed by atoms with van der Waals surface area (Å²) < 4.78 is 5.23. The Kier molecular flexibility index (Phi) is 4.92. The van der Waals surface area contributed by atoms with Crippen molar-refractivity contribution in [3.05, 3.63) is 0 Å². The Hall–Kier alpha value is -0.120. The maximum atomic E-state index is 5.23. The van der Waals surface area contributed by atoms with Gasteiger partial charge in [-0.05, 0) is 57.9 Å². The van der Waals surface area contributed by atoms with Crippen LogP contribution in [0.4, 0.5) is 0 Å². The zero-order valence-electron chi connectivity index (χ0n) is 14.1. The van der Waals surface area contributed by atoms with Crippen LogP contribution in [-0.4, -0.2) is 49.3 Å². The van der Waals surface area contributed by atoms with Crippen LogP contribution in [0.25, 0.3) is 0 Å². The molecule has 0 aromatic heterocycles. The van der Waals surface area contributed by atoms with E-state index in [1.807, 2.05) is 7.11 Å². The molecule has 0 bridgehead atoms. The topological polar surface area (TPSA) is 24.5 Å². The summed E-state index contributed by atoms with van der Waals surface area (Å²) in [4.78, 5) is 2.89. The van der Waals surface area contributed by atoms with Crippen LogP contribution in [0, 0.1) is 5.92 Å². The lowest BCUT2D eigenvalue weighted by Gasteiger charge is -2.56. The molecule has 1 atom stereocenters. The quantitative estimate of drug-likeness (QED) is 0.761. The lowest BCUT2D eigenvalue weighted by Crippen LogP contribution is -2.70. The van der Waals surface area contributed by atoms with E-state index in [1.165, 1.54) is 77.4 Å². The van der Waals surface area contributed by atoms with E-state index >= 15 is 0 Å². The van der Waals surface area contributed by atoms with Gasteiger partial charge in [0.25, 0.3) is 0 Å². The highest BCUT2D eigenvalue weighted by Gasteiger charge is 2.50. The Morgan fingerprint density at radius 1 is 1.14 bits per heavy atom. The summed E-state index contributed by atoms with van der Waals surface area (Å²) in [6.45, 7) is 7.16. The second kappa shape index (κ2) is 6.55. The molecule has 1 heterocycles. The summed E-state index contributed by atoms with van der Waals surface area (Å²) in [6.07, 6.45) is 12.5. The minimum absolute atomic E-state index is 0.379. The maximum Gasteiger partial charge on any atom is 0.0462 e. The molecule has 3 aliphatic rings. The van der Waals surface area contributed by atoms with Crippen molar-refractivity contribution in [2.75, 3.05) is 33.4 Å². The van der Waals surface area contributed by atoms with Crippen LogP contribution in [0.2, 0.25) is 0 Å². The Morgan fingerprint density at radius 2 is 1.90 bits per heavy atom. The molecule has 0 radical (unpaired) electrons. The fraction of sp³-hybridized carbons (Fsp3) is 1.00. The number of methoxy groups -OCH3 is 1. The third-order valence-electron chi connectivity index (χ3n) is 6.30. The van der Waals surface area contributed by atoms with Crippen molar-refractivity contribution in [3.63, 3.8) is 0 Å². The first-order chi connectivity index (χ1) is 10.2. The Morgan fingerprint density at radius 3 is 2.57 bits per heavy atom. The molecule has 1 N–H and O–H groups in total. The molecular formula is C18H34N2O. The van der Waals surface area contributed by atoms with Gasteiger partial charge in [0.15, 0.2) is 0 Å². The third-order valence-corrected chi connectivity index (χ3v) is 6.30. The highest BCUT2D eigenvalue weighted by Crippen LogP contribution is 2.45. The van der Waals surface area contributed by atoms with Crippen LogP contribution >= 0.6 is 0 Å². The lowest BCUT2D eigenvalue weighted by atomic mass is 9.75.